The van der Waals surface area contributed by atoms with E-state index in [2.05, 4.69) is 10.2 Å². The van der Waals surface area contributed by atoms with Crippen molar-refractivity contribution in [3.8, 4) is 0 Å². The molecule has 0 aliphatic carbocycles. The second kappa shape index (κ2) is 7.36. The minimum atomic E-state index is -0.153. The van der Waals surface area contributed by atoms with Crippen LogP contribution in [0.4, 0.5) is 0 Å². The molecule has 2 heterocycles. The zero-order valence-electron chi connectivity index (χ0n) is 12.3. The lowest BCUT2D eigenvalue weighted by atomic mass is 9.83. The predicted octanol–water partition coefficient (Wildman–Crippen LogP) is -1.13. The number of aliphatic hydroxyl groups excluding tert-OH is 2. The van der Waals surface area contributed by atoms with Crippen LogP contribution in [0.1, 0.15) is 19.3 Å². The van der Waals surface area contributed by atoms with Crippen LogP contribution in [0.25, 0.3) is 0 Å². The van der Waals surface area contributed by atoms with Crippen molar-refractivity contribution in [2.75, 3.05) is 46.4 Å². The Labute approximate surface area is 120 Å². The first kappa shape index (κ1) is 15.7. The fraction of sp³-hybridized carbons (Fsp3) is 0.929. The highest BCUT2D eigenvalue weighted by atomic mass is 16.3. The van der Waals surface area contributed by atoms with Crippen molar-refractivity contribution in [2.24, 2.45) is 5.92 Å². The quantitative estimate of drug-likeness (QED) is 0.576. The Bertz CT molecular complexity index is 323. The van der Waals surface area contributed by atoms with Crippen LogP contribution >= 0.6 is 0 Å². The fourth-order valence-electron chi connectivity index (χ4n) is 3.52. The van der Waals surface area contributed by atoms with Gasteiger partial charge in [0.25, 0.3) is 0 Å². The van der Waals surface area contributed by atoms with E-state index in [1.165, 1.54) is 0 Å². The van der Waals surface area contributed by atoms with Gasteiger partial charge >= 0.3 is 0 Å². The van der Waals surface area contributed by atoms with Crippen molar-refractivity contribution in [2.45, 2.75) is 31.3 Å². The molecule has 20 heavy (non-hydrogen) atoms. The summed E-state index contributed by atoms with van der Waals surface area (Å²) >= 11 is 0. The minimum Gasteiger partial charge on any atom is -0.395 e. The summed E-state index contributed by atoms with van der Waals surface area (Å²) in [5, 5.41) is 21.7. The molecule has 0 unspecified atom stereocenters. The van der Waals surface area contributed by atoms with E-state index in [4.69, 9.17) is 0 Å². The molecule has 6 heteroatoms. The Morgan fingerprint density at radius 3 is 2.75 bits per heavy atom. The third-order valence-corrected chi connectivity index (χ3v) is 4.72. The van der Waals surface area contributed by atoms with Crippen LogP contribution in [0.3, 0.4) is 0 Å². The second-order valence-corrected chi connectivity index (χ2v) is 5.86. The Morgan fingerprint density at radius 2 is 2.10 bits per heavy atom. The summed E-state index contributed by atoms with van der Waals surface area (Å²) in [6.45, 7) is 3.32. The smallest absolute Gasteiger partial charge is 0.222 e. The van der Waals surface area contributed by atoms with Gasteiger partial charge in [-0.1, -0.05) is 0 Å². The summed E-state index contributed by atoms with van der Waals surface area (Å²) < 4.78 is 0. The molecule has 3 N–H and O–H groups in total. The van der Waals surface area contributed by atoms with E-state index in [1.807, 2.05) is 11.9 Å². The molecule has 2 atom stereocenters. The van der Waals surface area contributed by atoms with E-state index in [1.54, 1.807) is 0 Å². The maximum Gasteiger partial charge on any atom is 0.222 e. The molecule has 2 aliphatic heterocycles. The maximum absolute atomic E-state index is 12.1. The number of fused-ring (bicyclic) bond motifs is 1. The first-order valence-electron chi connectivity index (χ1n) is 7.61. The SMILES string of the molecule is CNCCN1C(=O)CC[C@H]2CN(C(CO)CO)CC[C@H]21. The number of likely N-dealkylation sites (tertiary alicyclic amines) is 2. The molecule has 0 saturated carbocycles. The lowest BCUT2D eigenvalue weighted by molar-refractivity contribution is -0.141. The molecule has 0 spiro atoms. The molecule has 2 rings (SSSR count). The molecule has 2 aliphatic rings. The summed E-state index contributed by atoms with van der Waals surface area (Å²) in [4.78, 5) is 16.3. The van der Waals surface area contributed by atoms with Gasteiger partial charge in [0.15, 0.2) is 0 Å². The van der Waals surface area contributed by atoms with Gasteiger partial charge in [-0.15, -0.1) is 0 Å². The molecule has 1 amide bonds. The van der Waals surface area contributed by atoms with E-state index < -0.39 is 0 Å². The molecule has 2 saturated heterocycles. The largest absolute Gasteiger partial charge is 0.395 e. The van der Waals surface area contributed by atoms with Crippen LogP contribution in [-0.2, 0) is 4.79 Å². The maximum atomic E-state index is 12.1. The topological polar surface area (TPSA) is 76.0 Å². The Hall–Kier alpha value is -0.690. The summed E-state index contributed by atoms with van der Waals surface area (Å²) in [6, 6.07) is 0.179. The Kier molecular flexibility index (Phi) is 5.77. The Morgan fingerprint density at radius 1 is 1.35 bits per heavy atom. The summed E-state index contributed by atoms with van der Waals surface area (Å²) in [5.74, 6) is 0.745. The number of carbonyl (C=O) groups is 1. The average Bonchev–Trinajstić information content (AvgIpc) is 2.47. The lowest BCUT2D eigenvalue weighted by Crippen LogP contribution is -2.59. The number of nitrogens with zero attached hydrogens (tertiary/aromatic N) is 2. The molecular formula is C14H27N3O3. The van der Waals surface area contributed by atoms with Gasteiger partial charge in [-0.25, -0.2) is 0 Å². The molecule has 0 aromatic heterocycles. The van der Waals surface area contributed by atoms with Crippen LogP contribution in [0.15, 0.2) is 0 Å². The van der Waals surface area contributed by atoms with Gasteiger partial charge in [0.05, 0.1) is 19.3 Å². The van der Waals surface area contributed by atoms with Crippen LogP contribution in [-0.4, -0.2) is 84.4 Å². The molecule has 0 aromatic carbocycles. The highest BCUT2D eigenvalue weighted by Crippen LogP contribution is 2.31. The van der Waals surface area contributed by atoms with E-state index in [0.717, 1.165) is 39.0 Å². The standard InChI is InChI=1S/C14H27N3O3/c1-15-5-7-17-13-4-6-16(12(9-18)10-19)8-11(13)2-3-14(17)20/h11-13,15,18-19H,2-10H2,1H3/t11-,13+/m0/s1. The van der Waals surface area contributed by atoms with Gasteiger partial charge in [0.1, 0.15) is 0 Å². The van der Waals surface area contributed by atoms with Gasteiger partial charge in [-0.3, -0.25) is 9.69 Å². The van der Waals surface area contributed by atoms with E-state index in [9.17, 15) is 15.0 Å². The van der Waals surface area contributed by atoms with Crippen LogP contribution in [0, 0.1) is 5.92 Å². The molecule has 0 bridgehead atoms. The number of aliphatic hydroxyl groups is 2. The average molecular weight is 285 g/mol. The second-order valence-electron chi connectivity index (χ2n) is 5.86. The first-order valence-corrected chi connectivity index (χ1v) is 7.61. The number of carbonyl (C=O) groups excluding carboxylic acids is 1. The van der Waals surface area contributed by atoms with Gasteiger partial charge in [-0.05, 0) is 25.8 Å². The third-order valence-electron chi connectivity index (χ3n) is 4.72. The van der Waals surface area contributed by atoms with Crippen molar-refractivity contribution in [1.82, 2.24) is 15.1 Å². The van der Waals surface area contributed by atoms with Gasteiger partial charge in [-0.2, -0.15) is 0 Å². The first-order chi connectivity index (χ1) is 9.71. The fourth-order valence-corrected chi connectivity index (χ4v) is 3.52. The third kappa shape index (κ3) is 3.31. The molecule has 0 aromatic rings. The molecule has 116 valence electrons. The zero-order chi connectivity index (χ0) is 14.5. The van der Waals surface area contributed by atoms with Crippen molar-refractivity contribution >= 4 is 5.91 Å². The van der Waals surface area contributed by atoms with E-state index in [0.29, 0.717) is 18.4 Å². The molecule has 2 fully saturated rings. The molecule has 6 nitrogen and oxygen atoms in total. The van der Waals surface area contributed by atoms with Crippen LogP contribution in [0.2, 0.25) is 0 Å². The monoisotopic (exact) mass is 285 g/mol. The number of nitrogens with one attached hydrogen (secondary N) is 1. The van der Waals surface area contributed by atoms with Gasteiger partial charge in [0, 0.05) is 38.6 Å². The van der Waals surface area contributed by atoms with Gasteiger partial charge in [0.2, 0.25) is 5.91 Å². The number of rotatable bonds is 6. The van der Waals surface area contributed by atoms with E-state index >= 15 is 0 Å². The molecule has 0 radical (unpaired) electrons. The normalized spacial score (nSPS) is 28.0. The number of amides is 1. The molecular weight excluding hydrogens is 258 g/mol. The number of piperidine rings is 2. The number of likely N-dealkylation sites (N-methyl/N-ethyl adjacent to an activating group) is 1. The van der Waals surface area contributed by atoms with Crippen molar-refractivity contribution in [1.29, 1.82) is 0 Å². The summed E-state index contributed by atoms with van der Waals surface area (Å²) in [6.07, 6.45) is 2.50. The summed E-state index contributed by atoms with van der Waals surface area (Å²) in [5.41, 5.74) is 0. The highest BCUT2D eigenvalue weighted by molar-refractivity contribution is 5.77. The van der Waals surface area contributed by atoms with Crippen molar-refractivity contribution < 1.29 is 15.0 Å². The number of hydrogen-bond donors (Lipinski definition) is 3. The lowest BCUT2D eigenvalue weighted by Gasteiger charge is -2.48. The summed E-state index contributed by atoms with van der Waals surface area (Å²) in [7, 11) is 1.90. The zero-order valence-corrected chi connectivity index (χ0v) is 12.3. The van der Waals surface area contributed by atoms with Crippen molar-refractivity contribution in [3.05, 3.63) is 0 Å². The predicted molar refractivity (Wildman–Crippen MR) is 76.3 cm³/mol. The minimum absolute atomic E-state index is 0.00368. The van der Waals surface area contributed by atoms with Crippen molar-refractivity contribution in [3.63, 3.8) is 0 Å². The van der Waals surface area contributed by atoms with Gasteiger partial charge < -0.3 is 20.4 Å². The number of hydrogen-bond acceptors (Lipinski definition) is 5. The highest BCUT2D eigenvalue weighted by Gasteiger charge is 2.40. The van der Waals surface area contributed by atoms with E-state index in [-0.39, 0.29) is 25.2 Å². The van der Waals surface area contributed by atoms with Crippen LogP contribution < -0.4 is 5.32 Å². The van der Waals surface area contributed by atoms with Crippen LogP contribution in [0.5, 0.6) is 0 Å². The Balaban J connectivity index is 1.98.